The van der Waals surface area contributed by atoms with Crippen molar-refractivity contribution in [3.05, 3.63) is 17.8 Å². The van der Waals surface area contributed by atoms with Crippen molar-refractivity contribution in [3.63, 3.8) is 0 Å². The summed E-state index contributed by atoms with van der Waals surface area (Å²) in [5.41, 5.74) is 0.990. The minimum absolute atomic E-state index is 0.476. The molecule has 0 saturated heterocycles. The van der Waals surface area contributed by atoms with Gasteiger partial charge in [0, 0.05) is 25.7 Å². The fourth-order valence-corrected chi connectivity index (χ4v) is 1.47. The van der Waals surface area contributed by atoms with Crippen LogP contribution >= 0.6 is 0 Å². The number of hydrogen-bond acceptors (Lipinski definition) is 4. The van der Waals surface area contributed by atoms with Crippen LogP contribution in [0.4, 0.5) is 5.82 Å². The van der Waals surface area contributed by atoms with Gasteiger partial charge in [-0.3, -0.25) is 0 Å². The van der Waals surface area contributed by atoms with E-state index in [9.17, 15) is 0 Å². The highest BCUT2D eigenvalue weighted by atomic mass is 15.3. The second-order valence-electron chi connectivity index (χ2n) is 4.09. The van der Waals surface area contributed by atoms with E-state index in [1.54, 1.807) is 0 Å². The minimum atomic E-state index is 0.476. The normalized spacial score (nSPS) is 10.8. The van der Waals surface area contributed by atoms with E-state index < -0.39 is 0 Å². The van der Waals surface area contributed by atoms with Gasteiger partial charge in [-0.05, 0) is 26.0 Å². The largest absolute Gasteiger partial charge is 0.356 e. The van der Waals surface area contributed by atoms with Crippen molar-refractivity contribution in [2.75, 3.05) is 18.0 Å². The van der Waals surface area contributed by atoms with Crippen molar-refractivity contribution in [3.8, 4) is 0 Å². The van der Waals surface area contributed by atoms with Crippen LogP contribution in [-0.2, 0) is 6.54 Å². The van der Waals surface area contributed by atoms with Gasteiger partial charge in [0.05, 0.1) is 5.69 Å². The zero-order valence-corrected chi connectivity index (χ0v) is 10.7. The average Bonchev–Trinajstić information content (AvgIpc) is 2.29. The van der Waals surface area contributed by atoms with Crippen LogP contribution in [0.15, 0.2) is 12.1 Å². The Bertz CT molecular complexity index is 290. The molecule has 4 heteroatoms. The Kier molecular flexibility index (Phi) is 5.19. The SMILES string of the molecule is CCN(CC)c1ccc(CNC(C)C)nn1. The van der Waals surface area contributed by atoms with Gasteiger partial charge in [-0.25, -0.2) is 0 Å². The summed E-state index contributed by atoms with van der Waals surface area (Å²) in [6.07, 6.45) is 0. The smallest absolute Gasteiger partial charge is 0.151 e. The summed E-state index contributed by atoms with van der Waals surface area (Å²) in [6, 6.07) is 4.55. The zero-order chi connectivity index (χ0) is 12.0. The summed E-state index contributed by atoms with van der Waals surface area (Å²) in [7, 11) is 0. The summed E-state index contributed by atoms with van der Waals surface area (Å²) in [4.78, 5) is 2.19. The van der Waals surface area contributed by atoms with Gasteiger partial charge < -0.3 is 10.2 Å². The predicted molar refractivity (Wildman–Crippen MR) is 67.6 cm³/mol. The molecule has 1 aromatic rings. The first-order valence-electron chi connectivity index (χ1n) is 5.98. The molecule has 0 unspecified atom stereocenters. The zero-order valence-electron chi connectivity index (χ0n) is 10.7. The third-order valence-electron chi connectivity index (χ3n) is 2.48. The van der Waals surface area contributed by atoms with Crippen molar-refractivity contribution in [2.45, 2.75) is 40.3 Å². The van der Waals surface area contributed by atoms with Crippen molar-refractivity contribution in [2.24, 2.45) is 0 Å². The predicted octanol–water partition coefficient (Wildman–Crippen LogP) is 1.82. The van der Waals surface area contributed by atoms with Crippen LogP contribution in [0.25, 0.3) is 0 Å². The van der Waals surface area contributed by atoms with Crippen LogP contribution in [0.1, 0.15) is 33.4 Å². The topological polar surface area (TPSA) is 41.0 Å². The summed E-state index contributed by atoms with van der Waals surface area (Å²) in [5, 5.41) is 11.8. The van der Waals surface area contributed by atoms with Crippen LogP contribution in [0.3, 0.4) is 0 Å². The number of aromatic nitrogens is 2. The first-order chi connectivity index (χ1) is 7.67. The van der Waals surface area contributed by atoms with Crippen molar-refractivity contribution < 1.29 is 0 Å². The van der Waals surface area contributed by atoms with Crippen molar-refractivity contribution in [1.29, 1.82) is 0 Å². The van der Waals surface area contributed by atoms with Gasteiger partial charge in [-0.1, -0.05) is 13.8 Å². The molecule has 0 aliphatic rings. The highest BCUT2D eigenvalue weighted by molar-refractivity contribution is 5.36. The Morgan fingerprint density at radius 1 is 1.19 bits per heavy atom. The van der Waals surface area contributed by atoms with Crippen LogP contribution in [0.2, 0.25) is 0 Å². The van der Waals surface area contributed by atoms with Gasteiger partial charge in [0.25, 0.3) is 0 Å². The maximum absolute atomic E-state index is 4.23. The van der Waals surface area contributed by atoms with Gasteiger partial charge in [0.2, 0.25) is 0 Å². The molecular weight excluding hydrogens is 200 g/mol. The second kappa shape index (κ2) is 6.43. The molecule has 0 aromatic carbocycles. The Morgan fingerprint density at radius 2 is 1.88 bits per heavy atom. The molecule has 0 atom stereocenters. The Hall–Kier alpha value is -1.16. The maximum atomic E-state index is 4.23. The standard InChI is InChI=1S/C12H22N4/c1-5-16(6-2)12-8-7-11(14-15-12)9-13-10(3)4/h7-8,10,13H,5-6,9H2,1-4H3. The number of nitrogens with one attached hydrogen (secondary N) is 1. The number of anilines is 1. The lowest BCUT2D eigenvalue weighted by Crippen LogP contribution is -2.25. The van der Waals surface area contributed by atoms with E-state index in [4.69, 9.17) is 0 Å². The Labute approximate surface area is 98.1 Å². The Morgan fingerprint density at radius 3 is 2.31 bits per heavy atom. The van der Waals surface area contributed by atoms with Crippen LogP contribution in [-0.4, -0.2) is 29.3 Å². The van der Waals surface area contributed by atoms with E-state index in [-0.39, 0.29) is 0 Å². The van der Waals surface area contributed by atoms with Crippen LogP contribution in [0, 0.1) is 0 Å². The molecular formula is C12H22N4. The lowest BCUT2D eigenvalue weighted by atomic mass is 10.3. The molecule has 0 amide bonds. The quantitative estimate of drug-likeness (QED) is 0.797. The molecule has 0 bridgehead atoms. The first kappa shape index (κ1) is 12.9. The van der Waals surface area contributed by atoms with Crippen molar-refractivity contribution >= 4 is 5.82 Å². The molecule has 0 radical (unpaired) electrons. The van der Waals surface area contributed by atoms with E-state index in [2.05, 4.69) is 48.1 Å². The fraction of sp³-hybridized carbons (Fsp3) is 0.667. The number of hydrogen-bond donors (Lipinski definition) is 1. The molecule has 1 rings (SSSR count). The monoisotopic (exact) mass is 222 g/mol. The number of rotatable bonds is 6. The maximum Gasteiger partial charge on any atom is 0.151 e. The third kappa shape index (κ3) is 3.77. The molecule has 16 heavy (non-hydrogen) atoms. The third-order valence-corrected chi connectivity index (χ3v) is 2.48. The summed E-state index contributed by atoms with van der Waals surface area (Å²) in [6.45, 7) is 11.2. The van der Waals surface area contributed by atoms with Crippen LogP contribution in [0.5, 0.6) is 0 Å². The molecule has 1 heterocycles. The van der Waals surface area contributed by atoms with Gasteiger partial charge in [-0.15, -0.1) is 5.10 Å². The highest BCUT2D eigenvalue weighted by Gasteiger charge is 2.04. The average molecular weight is 222 g/mol. The first-order valence-corrected chi connectivity index (χ1v) is 5.98. The molecule has 1 aromatic heterocycles. The van der Waals surface area contributed by atoms with Crippen molar-refractivity contribution in [1.82, 2.24) is 15.5 Å². The van der Waals surface area contributed by atoms with Gasteiger partial charge in [0.1, 0.15) is 0 Å². The van der Waals surface area contributed by atoms with Gasteiger partial charge in [-0.2, -0.15) is 5.10 Å². The molecule has 0 fully saturated rings. The van der Waals surface area contributed by atoms with E-state index in [1.165, 1.54) is 0 Å². The van der Waals surface area contributed by atoms with E-state index >= 15 is 0 Å². The lowest BCUT2D eigenvalue weighted by molar-refractivity contribution is 0.577. The molecule has 1 N–H and O–H groups in total. The van der Waals surface area contributed by atoms with Gasteiger partial charge >= 0.3 is 0 Å². The molecule has 0 saturated carbocycles. The summed E-state index contributed by atoms with van der Waals surface area (Å²) in [5.74, 6) is 0.957. The lowest BCUT2D eigenvalue weighted by Gasteiger charge is -2.18. The summed E-state index contributed by atoms with van der Waals surface area (Å²) < 4.78 is 0. The van der Waals surface area contributed by atoms with E-state index in [0.717, 1.165) is 31.1 Å². The molecule has 4 nitrogen and oxygen atoms in total. The molecule has 0 aliphatic heterocycles. The molecule has 0 spiro atoms. The van der Waals surface area contributed by atoms with E-state index in [0.29, 0.717) is 6.04 Å². The fourth-order valence-electron chi connectivity index (χ4n) is 1.47. The van der Waals surface area contributed by atoms with Crippen LogP contribution < -0.4 is 10.2 Å². The highest BCUT2D eigenvalue weighted by Crippen LogP contribution is 2.08. The molecule has 0 aliphatic carbocycles. The number of nitrogens with zero attached hydrogens (tertiary/aromatic N) is 3. The Balaban J connectivity index is 2.60. The van der Waals surface area contributed by atoms with Gasteiger partial charge in [0.15, 0.2) is 5.82 Å². The minimum Gasteiger partial charge on any atom is -0.356 e. The summed E-state index contributed by atoms with van der Waals surface area (Å²) >= 11 is 0. The second-order valence-corrected chi connectivity index (χ2v) is 4.09. The van der Waals surface area contributed by atoms with E-state index in [1.807, 2.05) is 12.1 Å². The molecule has 90 valence electrons.